The largest absolute Gasteiger partial charge is 0.497 e. The van der Waals surface area contributed by atoms with Gasteiger partial charge in [-0.25, -0.2) is 0 Å². The standard InChI is InChI=1S/C44H53N3O9Si/c1-30-41(57(5,6)34-20-18-33(53-2)19-21-34)38(28-39(49)45(25-26-48)29-31-13-8-7-9-14-31)56-44(30)35-27-32(46-24-12-15-37(54-3)42(46)51)17-22-36(35)47(43(44)52)23-11-10-16-40(50)55-4/h7-9,12-15,17-22,24,27,30,38,41,48H,10-11,16,23,25-26,28-29H2,1-6H3/t30-,38+,41-,44+/m1/s1. The van der Waals surface area contributed by atoms with Gasteiger partial charge < -0.3 is 33.9 Å². The lowest BCUT2D eigenvalue weighted by Gasteiger charge is -2.37. The summed E-state index contributed by atoms with van der Waals surface area (Å²) in [5.41, 5.74) is 0.666. The average Bonchev–Trinajstić information content (AvgIpc) is 3.65. The van der Waals surface area contributed by atoms with Gasteiger partial charge in [-0.05, 0) is 66.4 Å². The number of methoxy groups -OCH3 is 3. The number of aromatic nitrogens is 1. The van der Waals surface area contributed by atoms with Crippen LogP contribution in [0.25, 0.3) is 5.69 Å². The SMILES string of the molecule is COC(=O)CCCCN1C(=O)[C@@]2(O[C@@H](CC(=O)N(CCO)Cc3ccccc3)[C@H]([Si](C)(C)c3ccc(OC)cc3)[C@H]2C)c2cc(-n3cccc(OC)c3=O)ccc21. The Morgan fingerprint density at radius 2 is 1.67 bits per heavy atom. The Morgan fingerprint density at radius 1 is 0.930 bits per heavy atom. The zero-order valence-corrected chi connectivity index (χ0v) is 34.6. The Labute approximate surface area is 334 Å². The normalized spacial score (nSPS) is 20.1. The molecule has 13 heteroatoms. The van der Waals surface area contributed by atoms with E-state index >= 15 is 4.79 Å². The van der Waals surface area contributed by atoms with Crippen molar-refractivity contribution in [2.24, 2.45) is 5.92 Å². The molecule has 2 amide bonds. The Balaban J connectivity index is 1.47. The maximum absolute atomic E-state index is 15.3. The third-order valence-corrected chi connectivity index (χ3v) is 16.1. The molecule has 1 fully saturated rings. The van der Waals surface area contributed by atoms with Gasteiger partial charge in [0.1, 0.15) is 5.75 Å². The maximum atomic E-state index is 15.3. The van der Waals surface area contributed by atoms with E-state index in [0.717, 1.165) is 16.5 Å². The van der Waals surface area contributed by atoms with Crippen molar-refractivity contribution in [1.29, 1.82) is 0 Å². The van der Waals surface area contributed by atoms with Crippen LogP contribution < -0.4 is 25.1 Å². The summed E-state index contributed by atoms with van der Waals surface area (Å²) in [6.45, 7) is 7.14. The molecule has 2 aliphatic heterocycles. The Bertz CT molecular complexity index is 2120. The van der Waals surface area contributed by atoms with Gasteiger partial charge in [0.2, 0.25) is 5.91 Å². The first-order valence-electron chi connectivity index (χ1n) is 19.5. The number of aliphatic hydroxyl groups is 1. The number of carbonyl (C=O) groups excluding carboxylic acids is 3. The fraction of sp³-hybridized carbons (Fsp3) is 0.409. The number of unbranched alkanes of at least 4 members (excludes halogenated alkanes) is 1. The molecular weight excluding hydrogens is 743 g/mol. The minimum Gasteiger partial charge on any atom is -0.497 e. The smallest absolute Gasteiger partial charge is 0.305 e. The zero-order chi connectivity index (χ0) is 40.9. The van der Waals surface area contributed by atoms with E-state index in [9.17, 15) is 19.5 Å². The van der Waals surface area contributed by atoms with E-state index < -0.39 is 25.7 Å². The molecule has 4 aromatic rings. The third kappa shape index (κ3) is 8.01. The number of esters is 1. The third-order valence-electron chi connectivity index (χ3n) is 11.8. The number of hydrogen-bond acceptors (Lipinski definition) is 9. The number of fused-ring (bicyclic) bond motifs is 2. The number of pyridine rings is 1. The molecule has 0 radical (unpaired) electrons. The quantitative estimate of drug-likeness (QED) is 0.0926. The number of anilines is 1. The molecule has 0 saturated carbocycles. The van der Waals surface area contributed by atoms with Gasteiger partial charge in [-0.15, -0.1) is 0 Å². The van der Waals surface area contributed by atoms with E-state index in [4.69, 9.17) is 18.9 Å². The van der Waals surface area contributed by atoms with Crippen LogP contribution in [0.1, 0.15) is 43.7 Å². The minimum absolute atomic E-state index is 0.00699. The number of aliphatic hydroxyl groups excluding tert-OH is 1. The lowest BCUT2D eigenvalue weighted by Crippen LogP contribution is -2.52. The van der Waals surface area contributed by atoms with Crippen LogP contribution in [0.15, 0.2) is 95.9 Å². The molecule has 4 atom stereocenters. The summed E-state index contributed by atoms with van der Waals surface area (Å²) in [6, 6.07) is 26.5. The summed E-state index contributed by atoms with van der Waals surface area (Å²) in [5.74, 6) is -0.253. The van der Waals surface area contributed by atoms with E-state index in [-0.39, 0.29) is 60.6 Å². The van der Waals surface area contributed by atoms with Gasteiger partial charge in [-0.1, -0.05) is 67.7 Å². The van der Waals surface area contributed by atoms with Crippen LogP contribution in [0.4, 0.5) is 5.69 Å². The van der Waals surface area contributed by atoms with Gasteiger partial charge in [0, 0.05) is 49.4 Å². The minimum atomic E-state index is -2.61. The van der Waals surface area contributed by atoms with Gasteiger partial charge in [0.15, 0.2) is 11.4 Å². The lowest BCUT2D eigenvalue weighted by atomic mass is 9.82. The number of amides is 2. The van der Waals surface area contributed by atoms with E-state index in [1.54, 1.807) is 41.3 Å². The van der Waals surface area contributed by atoms with Crippen LogP contribution in [-0.4, -0.2) is 87.6 Å². The van der Waals surface area contributed by atoms with Crippen LogP contribution in [0.3, 0.4) is 0 Å². The van der Waals surface area contributed by atoms with Gasteiger partial charge in [-0.2, -0.15) is 0 Å². The van der Waals surface area contributed by atoms with Crippen molar-refractivity contribution >= 4 is 36.7 Å². The predicted octanol–water partition coefficient (Wildman–Crippen LogP) is 5.17. The molecule has 3 aromatic carbocycles. The zero-order valence-electron chi connectivity index (χ0n) is 33.6. The molecule has 3 heterocycles. The summed E-state index contributed by atoms with van der Waals surface area (Å²) >= 11 is 0. The monoisotopic (exact) mass is 795 g/mol. The van der Waals surface area contributed by atoms with Crippen molar-refractivity contribution < 1.29 is 38.4 Å². The Hall–Kier alpha value is -5.24. The van der Waals surface area contributed by atoms with Gasteiger partial charge in [0.25, 0.3) is 11.5 Å². The first-order chi connectivity index (χ1) is 27.4. The van der Waals surface area contributed by atoms with Crippen molar-refractivity contribution in [3.8, 4) is 17.2 Å². The first-order valence-corrected chi connectivity index (χ1v) is 22.5. The van der Waals surface area contributed by atoms with Crippen LogP contribution >= 0.6 is 0 Å². The molecule has 302 valence electrons. The highest BCUT2D eigenvalue weighted by Crippen LogP contribution is 2.60. The Morgan fingerprint density at radius 3 is 2.33 bits per heavy atom. The predicted molar refractivity (Wildman–Crippen MR) is 220 cm³/mol. The average molecular weight is 796 g/mol. The molecule has 0 aliphatic carbocycles. The van der Waals surface area contributed by atoms with Gasteiger partial charge in [-0.3, -0.25) is 23.7 Å². The van der Waals surface area contributed by atoms with Crippen LogP contribution in [0.2, 0.25) is 18.6 Å². The van der Waals surface area contributed by atoms with Crippen molar-refractivity contribution in [1.82, 2.24) is 9.47 Å². The van der Waals surface area contributed by atoms with Crippen LogP contribution in [0, 0.1) is 5.92 Å². The number of hydrogen-bond donors (Lipinski definition) is 1. The van der Waals surface area contributed by atoms with Crippen molar-refractivity contribution in [3.63, 3.8) is 0 Å². The molecule has 0 bridgehead atoms. The number of benzene rings is 3. The molecule has 1 spiro atoms. The molecule has 0 unspecified atom stereocenters. The summed E-state index contributed by atoms with van der Waals surface area (Å²) < 4.78 is 24.4. The summed E-state index contributed by atoms with van der Waals surface area (Å²) in [6.07, 6.45) is 2.26. The summed E-state index contributed by atoms with van der Waals surface area (Å²) in [4.78, 5) is 58.6. The van der Waals surface area contributed by atoms with Crippen molar-refractivity contribution in [2.45, 2.75) is 69.5 Å². The molecule has 57 heavy (non-hydrogen) atoms. The second-order valence-electron chi connectivity index (χ2n) is 15.3. The summed E-state index contributed by atoms with van der Waals surface area (Å²) in [5, 5.41) is 11.2. The summed E-state index contributed by atoms with van der Waals surface area (Å²) in [7, 11) is 1.82. The van der Waals surface area contributed by atoms with E-state index in [1.807, 2.05) is 54.6 Å². The fourth-order valence-corrected chi connectivity index (χ4v) is 12.9. The van der Waals surface area contributed by atoms with Gasteiger partial charge in [0.05, 0.1) is 54.2 Å². The van der Waals surface area contributed by atoms with Crippen LogP contribution in [-0.2, 0) is 36.0 Å². The number of ether oxygens (including phenoxy) is 4. The maximum Gasteiger partial charge on any atom is 0.305 e. The van der Waals surface area contributed by atoms with Crippen molar-refractivity contribution in [2.75, 3.05) is 45.9 Å². The second-order valence-corrected chi connectivity index (χ2v) is 20.0. The molecule has 1 N–H and O–H groups in total. The fourth-order valence-electron chi connectivity index (χ4n) is 8.87. The van der Waals surface area contributed by atoms with E-state index in [2.05, 4.69) is 32.2 Å². The van der Waals surface area contributed by atoms with Crippen molar-refractivity contribution in [3.05, 3.63) is 113 Å². The first kappa shape index (κ1) is 41.4. The topological polar surface area (TPSA) is 137 Å². The molecular formula is C44H53N3O9Si. The van der Waals surface area contributed by atoms with Crippen LogP contribution in [0.5, 0.6) is 11.5 Å². The highest BCUT2D eigenvalue weighted by atomic mass is 28.3. The second kappa shape index (κ2) is 17.5. The number of rotatable bonds is 16. The molecule has 12 nitrogen and oxygen atoms in total. The molecule has 1 saturated heterocycles. The highest BCUT2D eigenvalue weighted by molar-refractivity contribution is 6.91. The van der Waals surface area contributed by atoms with Gasteiger partial charge >= 0.3 is 5.97 Å². The van der Waals surface area contributed by atoms with E-state index in [1.165, 1.54) is 18.8 Å². The number of nitrogens with zero attached hydrogens (tertiary/aromatic N) is 3. The Kier molecular flexibility index (Phi) is 12.7. The molecule has 1 aromatic heterocycles. The lowest BCUT2D eigenvalue weighted by molar-refractivity contribution is -0.149. The molecule has 6 rings (SSSR count). The molecule has 2 aliphatic rings. The number of carbonyl (C=O) groups is 3. The highest BCUT2D eigenvalue weighted by Gasteiger charge is 2.66. The van der Waals surface area contributed by atoms with E-state index in [0.29, 0.717) is 42.9 Å².